The van der Waals surface area contributed by atoms with Gasteiger partial charge in [0, 0.05) is 12.1 Å². The number of methoxy groups -OCH3 is 1. The summed E-state index contributed by atoms with van der Waals surface area (Å²) in [5.41, 5.74) is 1.88. The Hall–Kier alpha value is -3.23. The van der Waals surface area contributed by atoms with Crippen LogP contribution in [0.2, 0.25) is 0 Å². The van der Waals surface area contributed by atoms with Gasteiger partial charge >= 0.3 is 0 Å². The molecule has 0 unspecified atom stereocenters. The standard InChI is InChI=1S/C24H20BrNO5S/c1-31-17-13-15(12-16(25)21(17)27)20-19(22(28)18-8-5-11-32-18)23(29)24(30)26(20)10-9-14-6-3-2-4-7-14/h2-8,11-13,27,29-30H,9-10H2,1H3. The molecule has 164 valence electrons. The number of hydrogen-bond donors (Lipinski definition) is 3. The van der Waals surface area contributed by atoms with E-state index >= 15 is 0 Å². The number of aromatic hydroxyl groups is 3. The Balaban J connectivity index is 1.91. The van der Waals surface area contributed by atoms with Crippen LogP contribution in [0.15, 0.2) is 64.5 Å². The number of halogens is 1. The Morgan fingerprint density at radius 2 is 1.81 bits per heavy atom. The predicted molar refractivity (Wildman–Crippen MR) is 127 cm³/mol. The van der Waals surface area contributed by atoms with Crippen LogP contribution in [0, 0.1) is 0 Å². The number of phenols is 1. The minimum absolute atomic E-state index is 0.00217. The van der Waals surface area contributed by atoms with Gasteiger partial charge in [0.15, 0.2) is 17.2 Å². The Morgan fingerprint density at radius 1 is 1.06 bits per heavy atom. The molecule has 2 heterocycles. The number of rotatable bonds is 7. The molecular formula is C24H20BrNO5S. The Labute approximate surface area is 197 Å². The summed E-state index contributed by atoms with van der Waals surface area (Å²) in [6.07, 6.45) is 0.568. The average molecular weight is 514 g/mol. The van der Waals surface area contributed by atoms with Crippen molar-refractivity contribution in [1.82, 2.24) is 4.57 Å². The van der Waals surface area contributed by atoms with Gasteiger partial charge in [0.2, 0.25) is 11.7 Å². The first kappa shape index (κ1) is 22.0. The van der Waals surface area contributed by atoms with Crippen LogP contribution < -0.4 is 4.74 Å². The van der Waals surface area contributed by atoms with E-state index in [4.69, 9.17) is 4.74 Å². The topological polar surface area (TPSA) is 91.9 Å². The first-order valence-electron chi connectivity index (χ1n) is 9.75. The number of carbonyl (C=O) groups excluding carboxylic acids is 1. The maximum absolute atomic E-state index is 13.3. The summed E-state index contributed by atoms with van der Waals surface area (Å²) < 4.78 is 7.14. The van der Waals surface area contributed by atoms with Crippen LogP contribution in [0.1, 0.15) is 20.8 Å². The third-order valence-electron chi connectivity index (χ3n) is 5.17. The normalized spacial score (nSPS) is 10.9. The number of ketones is 1. The number of nitrogens with zero attached hydrogens (tertiary/aromatic N) is 1. The van der Waals surface area contributed by atoms with Gasteiger partial charge in [-0.05, 0) is 51.5 Å². The van der Waals surface area contributed by atoms with Crippen LogP contribution in [0.25, 0.3) is 11.3 Å². The molecule has 0 radical (unpaired) electrons. The minimum atomic E-state index is -0.477. The number of carbonyl (C=O) groups is 1. The number of hydrogen-bond acceptors (Lipinski definition) is 6. The molecule has 3 N–H and O–H groups in total. The van der Waals surface area contributed by atoms with Crippen LogP contribution in [0.4, 0.5) is 0 Å². The van der Waals surface area contributed by atoms with Crippen LogP contribution in [0.3, 0.4) is 0 Å². The number of ether oxygens (including phenoxy) is 1. The van der Waals surface area contributed by atoms with Gasteiger partial charge in [-0.1, -0.05) is 36.4 Å². The fourth-order valence-corrected chi connectivity index (χ4v) is 4.72. The first-order valence-corrected chi connectivity index (χ1v) is 11.4. The first-order chi connectivity index (χ1) is 15.4. The molecule has 0 saturated heterocycles. The summed E-state index contributed by atoms with van der Waals surface area (Å²) >= 11 is 4.57. The number of aromatic nitrogens is 1. The highest BCUT2D eigenvalue weighted by molar-refractivity contribution is 9.10. The predicted octanol–water partition coefficient (Wildman–Crippen LogP) is 5.58. The smallest absolute Gasteiger partial charge is 0.235 e. The van der Waals surface area contributed by atoms with Crippen molar-refractivity contribution in [3.05, 3.63) is 80.5 Å². The van der Waals surface area contributed by atoms with E-state index in [9.17, 15) is 20.1 Å². The molecule has 0 amide bonds. The van der Waals surface area contributed by atoms with Gasteiger partial charge in [0.1, 0.15) is 0 Å². The molecule has 0 aliphatic carbocycles. The number of thiophene rings is 1. The van der Waals surface area contributed by atoms with Crippen molar-refractivity contribution in [2.75, 3.05) is 7.11 Å². The molecule has 0 atom stereocenters. The molecule has 0 aliphatic rings. The molecule has 4 rings (SSSR count). The number of aryl methyl sites for hydroxylation is 1. The fourth-order valence-electron chi connectivity index (χ4n) is 3.61. The molecular weight excluding hydrogens is 494 g/mol. The Bertz CT molecular complexity index is 1270. The van der Waals surface area contributed by atoms with Gasteiger partial charge < -0.3 is 24.6 Å². The molecule has 32 heavy (non-hydrogen) atoms. The average Bonchev–Trinajstić information content (AvgIpc) is 3.42. The highest BCUT2D eigenvalue weighted by atomic mass is 79.9. The largest absolute Gasteiger partial charge is 0.503 e. The van der Waals surface area contributed by atoms with E-state index in [0.29, 0.717) is 33.6 Å². The lowest BCUT2D eigenvalue weighted by Gasteiger charge is -2.14. The van der Waals surface area contributed by atoms with Gasteiger partial charge in [-0.2, -0.15) is 0 Å². The van der Waals surface area contributed by atoms with Gasteiger partial charge in [0.05, 0.1) is 27.7 Å². The van der Waals surface area contributed by atoms with Crippen molar-refractivity contribution in [3.63, 3.8) is 0 Å². The zero-order valence-electron chi connectivity index (χ0n) is 17.1. The molecule has 2 aromatic carbocycles. The summed E-state index contributed by atoms with van der Waals surface area (Å²) in [6, 6.07) is 16.3. The van der Waals surface area contributed by atoms with E-state index in [-0.39, 0.29) is 22.9 Å². The van der Waals surface area contributed by atoms with E-state index in [1.54, 1.807) is 29.6 Å². The summed E-state index contributed by atoms with van der Waals surface area (Å²) in [5.74, 6) is -1.16. The highest BCUT2D eigenvalue weighted by Crippen LogP contribution is 2.46. The third kappa shape index (κ3) is 3.99. The Kier molecular flexibility index (Phi) is 6.25. The van der Waals surface area contributed by atoms with E-state index in [0.717, 1.165) is 5.56 Å². The maximum atomic E-state index is 13.3. The highest BCUT2D eigenvalue weighted by Gasteiger charge is 2.30. The van der Waals surface area contributed by atoms with Gasteiger partial charge in [-0.25, -0.2) is 0 Å². The Morgan fingerprint density at radius 3 is 2.47 bits per heavy atom. The lowest BCUT2D eigenvalue weighted by Crippen LogP contribution is -2.06. The summed E-state index contributed by atoms with van der Waals surface area (Å²) in [4.78, 5) is 13.7. The minimum Gasteiger partial charge on any atom is -0.503 e. The van der Waals surface area contributed by atoms with Crippen molar-refractivity contribution in [1.29, 1.82) is 0 Å². The lowest BCUT2D eigenvalue weighted by atomic mass is 10.0. The zero-order valence-corrected chi connectivity index (χ0v) is 19.5. The van der Waals surface area contributed by atoms with Crippen LogP contribution >= 0.6 is 27.3 Å². The van der Waals surface area contributed by atoms with Gasteiger partial charge in [0.25, 0.3) is 0 Å². The van der Waals surface area contributed by atoms with Crippen molar-refractivity contribution in [2.24, 2.45) is 0 Å². The van der Waals surface area contributed by atoms with Crippen molar-refractivity contribution in [3.8, 4) is 34.4 Å². The third-order valence-corrected chi connectivity index (χ3v) is 6.64. The maximum Gasteiger partial charge on any atom is 0.235 e. The van der Waals surface area contributed by atoms with Gasteiger partial charge in [-0.3, -0.25) is 4.79 Å². The van der Waals surface area contributed by atoms with E-state index in [2.05, 4.69) is 15.9 Å². The molecule has 4 aromatic rings. The summed E-state index contributed by atoms with van der Waals surface area (Å²) in [5, 5.41) is 33.6. The number of phenolic OH excluding ortho intramolecular Hbond substituents is 1. The summed E-state index contributed by atoms with van der Waals surface area (Å²) in [7, 11) is 1.42. The van der Waals surface area contributed by atoms with Gasteiger partial charge in [-0.15, -0.1) is 11.3 Å². The molecule has 0 aliphatic heterocycles. The van der Waals surface area contributed by atoms with E-state index in [1.165, 1.54) is 23.0 Å². The van der Waals surface area contributed by atoms with Crippen molar-refractivity contribution < 1.29 is 24.9 Å². The summed E-state index contributed by atoms with van der Waals surface area (Å²) in [6.45, 7) is 0.317. The second kappa shape index (κ2) is 9.10. The van der Waals surface area contributed by atoms with Crippen LogP contribution in [0.5, 0.6) is 23.1 Å². The quantitative estimate of drug-likeness (QED) is 0.280. The zero-order chi connectivity index (χ0) is 22.8. The van der Waals surface area contributed by atoms with Crippen LogP contribution in [-0.4, -0.2) is 32.8 Å². The number of benzene rings is 2. The fraction of sp³-hybridized carbons (Fsp3) is 0.125. The van der Waals surface area contributed by atoms with E-state index < -0.39 is 11.5 Å². The van der Waals surface area contributed by atoms with Crippen molar-refractivity contribution in [2.45, 2.75) is 13.0 Å². The van der Waals surface area contributed by atoms with Crippen molar-refractivity contribution >= 4 is 33.0 Å². The lowest BCUT2D eigenvalue weighted by molar-refractivity contribution is 0.104. The van der Waals surface area contributed by atoms with E-state index in [1.807, 2.05) is 30.3 Å². The molecule has 0 saturated carbocycles. The molecule has 0 bridgehead atoms. The van der Waals surface area contributed by atoms with Crippen LogP contribution in [-0.2, 0) is 13.0 Å². The second-order valence-electron chi connectivity index (χ2n) is 7.10. The monoisotopic (exact) mass is 513 g/mol. The molecule has 8 heteroatoms. The molecule has 6 nitrogen and oxygen atoms in total. The second-order valence-corrected chi connectivity index (χ2v) is 8.90. The SMILES string of the molecule is COc1cc(-c2c(C(=O)c3cccs3)c(O)c(O)n2CCc2ccccc2)cc(Br)c1O. The molecule has 2 aromatic heterocycles. The molecule has 0 fully saturated rings. The molecule has 0 spiro atoms.